The maximum Gasteiger partial charge on any atom is 0.258 e. The third-order valence-corrected chi connectivity index (χ3v) is 5.87. The van der Waals surface area contributed by atoms with Crippen LogP contribution in [0.25, 0.3) is 11.3 Å². The van der Waals surface area contributed by atoms with E-state index < -0.39 is 5.82 Å². The molecule has 2 heterocycles. The number of hydrogen-bond donors (Lipinski definition) is 1. The molecule has 30 heavy (non-hydrogen) atoms. The van der Waals surface area contributed by atoms with Crippen LogP contribution in [0.15, 0.2) is 78.2 Å². The molecular weight excluding hydrogens is 397 g/mol. The topological polar surface area (TPSA) is 45.2 Å². The highest BCUT2D eigenvalue weighted by Crippen LogP contribution is 2.34. The van der Waals surface area contributed by atoms with Gasteiger partial charge in [0.1, 0.15) is 5.82 Å². The van der Waals surface area contributed by atoms with E-state index in [1.54, 1.807) is 28.4 Å². The van der Waals surface area contributed by atoms with Crippen LogP contribution in [-0.4, -0.2) is 17.4 Å². The molecule has 0 bridgehead atoms. The molecule has 0 spiro atoms. The Balaban J connectivity index is 1.37. The first-order chi connectivity index (χ1) is 14.7. The fourth-order valence-corrected chi connectivity index (χ4v) is 4.40. The van der Waals surface area contributed by atoms with Gasteiger partial charge in [-0.25, -0.2) is 9.37 Å². The zero-order valence-corrected chi connectivity index (χ0v) is 16.8. The average Bonchev–Trinajstić information content (AvgIpc) is 3.40. The molecule has 0 fully saturated rings. The number of thiazole rings is 1. The number of aromatic nitrogens is 1. The Hall–Kier alpha value is -3.51. The van der Waals surface area contributed by atoms with Crippen LogP contribution < -0.4 is 10.2 Å². The minimum atomic E-state index is -0.404. The summed E-state index contributed by atoms with van der Waals surface area (Å²) >= 11 is 1.55. The van der Waals surface area contributed by atoms with Crippen molar-refractivity contribution in [1.82, 2.24) is 4.98 Å². The molecule has 5 rings (SSSR count). The molecule has 1 aliphatic heterocycles. The lowest BCUT2D eigenvalue weighted by Gasteiger charge is -2.17. The van der Waals surface area contributed by atoms with Crippen molar-refractivity contribution in [2.24, 2.45) is 0 Å². The van der Waals surface area contributed by atoms with Crippen LogP contribution in [0.4, 0.5) is 20.9 Å². The fraction of sp³-hybridized carbons (Fsp3) is 0.0833. The highest BCUT2D eigenvalue weighted by molar-refractivity contribution is 7.14. The lowest BCUT2D eigenvalue weighted by Crippen LogP contribution is -2.28. The summed E-state index contributed by atoms with van der Waals surface area (Å²) in [7, 11) is 0. The van der Waals surface area contributed by atoms with E-state index in [-0.39, 0.29) is 5.91 Å². The second-order valence-electron chi connectivity index (χ2n) is 7.09. The molecule has 1 aromatic heterocycles. The standard InChI is InChI=1S/C24H18FN3OS/c25-19-6-4-5-18(14-19)23(29)28-12-11-17-13-16(9-10-22(17)28)21-15-30-24(27-21)26-20-7-2-1-3-8-20/h1-10,13-15H,11-12H2,(H,26,27). The first-order valence-electron chi connectivity index (χ1n) is 9.66. The van der Waals surface area contributed by atoms with Crippen molar-refractivity contribution in [3.05, 3.63) is 95.1 Å². The molecule has 1 N–H and O–H groups in total. The van der Waals surface area contributed by atoms with Gasteiger partial charge in [-0.15, -0.1) is 11.3 Å². The van der Waals surface area contributed by atoms with Crippen LogP contribution in [0, 0.1) is 5.82 Å². The SMILES string of the molecule is O=C(c1cccc(F)c1)N1CCc2cc(-c3csc(Nc4ccccc4)n3)ccc21. The van der Waals surface area contributed by atoms with Crippen LogP contribution in [-0.2, 0) is 6.42 Å². The van der Waals surface area contributed by atoms with E-state index in [0.29, 0.717) is 12.1 Å². The van der Waals surface area contributed by atoms with E-state index in [4.69, 9.17) is 4.98 Å². The summed E-state index contributed by atoms with van der Waals surface area (Å²) < 4.78 is 13.5. The van der Waals surface area contributed by atoms with E-state index in [1.807, 2.05) is 47.8 Å². The van der Waals surface area contributed by atoms with Gasteiger partial charge in [-0.2, -0.15) is 0 Å². The van der Waals surface area contributed by atoms with E-state index in [2.05, 4.69) is 11.4 Å². The second-order valence-corrected chi connectivity index (χ2v) is 7.95. The van der Waals surface area contributed by atoms with Crippen molar-refractivity contribution in [2.45, 2.75) is 6.42 Å². The molecule has 0 atom stereocenters. The smallest absolute Gasteiger partial charge is 0.258 e. The van der Waals surface area contributed by atoms with Gasteiger partial charge in [0.15, 0.2) is 5.13 Å². The lowest BCUT2D eigenvalue weighted by atomic mass is 10.1. The van der Waals surface area contributed by atoms with Crippen LogP contribution in [0.2, 0.25) is 0 Å². The number of nitrogens with zero attached hydrogens (tertiary/aromatic N) is 2. The quantitative estimate of drug-likeness (QED) is 0.452. The van der Waals surface area contributed by atoms with Crippen LogP contribution in [0.3, 0.4) is 0 Å². The monoisotopic (exact) mass is 415 g/mol. The van der Waals surface area contributed by atoms with Gasteiger partial charge in [-0.05, 0) is 54.4 Å². The number of carbonyl (C=O) groups excluding carboxylic acids is 1. The normalized spacial score (nSPS) is 12.6. The number of fused-ring (bicyclic) bond motifs is 1. The van der Waals surface area contributed by atoms with Gasteiger partial charge in [0.2, 0.25) is 0 Å². The third-order valence-electron chi connectivity index (χ3n) is 5.12. The Morgan fingerprint density at radius 3 is 2.73 bits per heavy atom. The Morgan fingerprint density at radius 1 is 1.03 bits per heavy atom. The van der Waals surface area contributed by atoms with Crippen molar-refractivity contribution in [2.75, 3.05) is 16.8 Å². The molecule has 6 heteroatoms. The van der Waals surface area contributed by atoms with Crippen molar-refractivity contribution >= 4 is 33.8 Å². The van der Waals surface area contributed by atoms with Gasteiger partial charge >= 0.3 is 0 Å². The maximum atomic E-state index is 13.5. The summed E-state index contributed by atoms with van der Waals surface area (Å²) in [5, 5.41) is 6.17. The third kappa shape index (κ3) is 3.57. The first kappa shape index (κ1) is 18.5. The molecular formula is C24H18FN3OS. The molecule has 4 aromatic rings. The van der Waals surface area contributed by atoms with Gasteiger partial charge < -0.3 is 10.2 Å². The maximum absolute atomic E-state index is 13.5. The fourth-order valence-electron chi connectivity index (χ4n) is 3.66. The van der Waals surface area contributed by atoms with Crippen LogP contribution >= 0.6 is 11.3 Å². The van der Waals surface area contributed by atoms with Crippen molar-refractivity contribution in [3.63, 3.8) is 0 Å². The Bertz CT molecular complexity index is 1220. The second kappa shape index (κ2) is 7.72. The molecule has 4 nitrogen and oxygen atoms in total. The summed E-state index contributed by atoms with van der Waals surface area (Å²) in [6.45, 7) is 0.589. The van der Waals surface area contributed by atoms with E-state index in [1.165, 1.54) is 12.1 Å². The summed E-state index contributed by atoms with van der Waals surface area (Å²) in [5.74, 6) is -0.580. The zero-order chi connectivity index (χ0) is 20.5. The van der Waals surface area contributed by atoms with Crippen molar-refractivity contribution in [1.29, 1.82) is 0 Å². The number of amides is 1. The van der Waals surface area contributed by atoms with Gasteiger partial charge in [-0.3, -0.25) is 4.79 Å². The van der Waals surface area contributed by atoms with Crippen LogP contribution in [0.1, 0.15) is 15.9 Å². The van der Waals surface area contributed by atoms with E-state index in [9.17, 15) is 9.18 Å². The molecule has 3 aromatic carbocycles. The van der Waals surface area contributed by atoms with Crippen molar-refractivity contribution in [3.8, 4) is 11.3 Å². The number of carbonyl (C=O) groups is 1. The minimum Gasteiger partial charge on any atom is -0.332 e. The number of nitrogens with one attached hydrogen (secondary N) is 1. The van der Waals surface area contributed by atoms with Gasteiger partial charge in [-0.1, -0.05) is 30.3 Å². The van der Waals surface area contributed by atoms with Gasteiger partial charge in [0.25, 0.3) is 5.91 Å². The summed E-state index contributed by atoms with van der Waals surface area (Å²) in [4.78, 5) is 19.3. The van der Waals surface area contributed by atoms with E-state index >= 15 is 0 Å². The summed E-state index contributed by atoms with van der Waals surface area (Å²) in [5.41, 5.74) is 5.26. The number of rotatable bonds is 4. The lowest BCUT2D eigenvalue weighted by molar-refractivity contribution is 0.0989. The Labute approximate surface area is 177 Å². The molecule has 148 valence electrons. The number of benzene rings is 3. The van der Waals surface area contributed by atoms with E-state index in [0.717, 1.165) is 39.7 Å². The largest absolute Gasteiger partial charge is 0.332 e. The summed E-state index contributed by atoms with van der Waals surface area (Å²) in [6.07, 6.45) is 0.767. The minimum absolute atomic E-state index is 0.177. The molecule has 0 radical (unpaired) electrons. The molecule has 1 amide bonds. The number of hydrogen-bond acceptors (Lipinski definition) is 4. The van der Waals surface area contributed by atoms with Crippen molar-refractivity contribution < 1.29 is 9.18 Å². The zero-order valence-electron chi connectivity index (χ0n) is 16.0. The molecule has 0 aliphatic carbocycles. The molecule has 1 aliphatic rings. The first-order valence-corrected chi connectivity index (χ1v) is 10.5. The van der Waals surface area contributed by atoms with Gasteiger partial charge in [0.05, 0.1) is 5.69 Å². The molecule has 0 saturated heterocycles. The summed E-state index contributed by atoms with van der Waals surface area (Å²) in [6, 6.07) is 21.8. The average molecular weight is 415 g/mol. The number of anilines is 3. The molecule has 0 saturated carbocycles. The Morgan fingerprint density at radius 2 is 1.90 bits per heavy atom. The molecule has 0 unspecified atom stereocenters. The predicted molar refractivity (Wildman–Crippen MR) is 119 cm³/mol. The number of para-hydroxylation sites is 1. The number of halogens is 1. The highest BCUT2D eigenvalue weighted by atomic mass is 32.1. The Kier molecular flexibility index (Phi) is 4.77. The van der Waals surface area contributed by atoms with Gasteiger partial charge in [0, 0.05) is 34.4 Å². The van der Waals surface area contributed by atoms with Crippen LogP contribution in [0.5, 0.6) is 0 Å². The predicted octanol–water partition coefficient (Wildman–Crippen LogP) is 5.90. The highest BCUT2D eigenvalue weighted by Gasteiger charge is 2.26.